The van der Waals surface area contributed by atoms with Gasteiger partial charge in [-0.25, -0.2) is 18.9 Å². The van der Waals surface area contributed by atoms with Crippen LogP contribution in [0.25, 0.3) is 28.3 Å². The number of aromatic nitrogens is 5. The molecular weight excluding hydrogens is 423 g/mol. The van der Waals surface area contributed by atoms with Gasteiger partial charge in [-0.05, 0) is 43.2 Å². The zero-order valence-electron chi connectivity index (χ0n) is 16.3. The van der Waals surface area contributed by atoms with Gasteiger partial charge in [-0.15, -0.1) is 0 Å². The van der Waals surface area contributed by atoms with Crippen LogP contribution in [0.3, 0.4) is 0 Å². The van der Waals surface area contributed by atoms with E-state index in [1.807, 2.05) is 6.07 Å². The maximum absolute atomic E-state index is 13.8. The summed E-state index contributed by atoms with van der Waals surface area (Å²) in [5.74, 6) is -1.12. The number of hydrogen-bond donors (Lipinski definition) is 1. The molecule has 0 saturated carbocycles. The lowest BCUT2D eigenvalue weighted by molar-refractivity contribution is 0.0699. The Hall–Kier alpha value is -3.30. The molecule has 4 aromatic rings. The van der Waals surface area contributed by atoms with E-state index in [1.165, 1.54) is 16.8 Å². The summed E-state index contributed by atoms with van der Waals surface area (Å²) in [4.78, 5) is 20.6. The standard InChI is InChI=1S/C21H18ClFN6O2/c22-14-9-12(1-2-15(14)23)19-20(28(11-26-19)13-5-7-31-8-6-13)16-3-4-18-25-10-17(21(24)30)29(18)27-16/h1-4,9-11,13H,5-8H2,(H2,24,30). The van der Waals surface area contributed by atoms with E-state index in [9.17, 15) is 9.18 Å². The van der Waals surface area contributed by atoms with Crippen LogP contribution in [-0.2, 0) is 4.74 Å². The first-order valence-electron chi connectivity index (χ1n) is 9.78. The van der Waals surface area contributed by atoms with Crippen LogP contribution in [0.4, 0.5) is 4.39 Å². The molecule has 0 atom stereocenters. The van der Waals surface area contributed by atoms with Crippen LogP contribution in [0.5, 0.6) is 0 Å². The summed E-state index contributed by atoms with van der Waals surface area (Å²) in [6.45, 7) is 1.31. The summed E-state index contributed by atoms with van der Waals surface area (Å²) in [5, 5.41) is 4.65. The lowest BCUT2D eigenvalue weighted by Crippen LogP contribution is -2.20. The number of nitrogens with zero attached hydrogens (tertiary/aromatic N) is 5. The van der Waals surface area contributed by atoms with Gasteiger partial charge in [0.15, 0.2) is 5.65 Å². The van der Waals surface area contributed by atoms with Gasteiger partial charge in [-0.2, -0.15) is 5.10 Å². The van der Waals surface area contributed by atoms with Crippen LogP contribution in [0.1, 0.15) is 29.4 Å². The van der Waals surface area contributed by atoms with Crippen LogP contribution in [0, 0.1) is 5.82 Å². The van der Waals surface area contributed by atoms with E-state index in [4.69, 9.17) is 22.1 Å². The summed E-state index contributed by atoms with van der Waals surface area (Å²) in [7, 11) is 0. The largest absolute Gasteiger partial charge is 0.381 e. The minimum Gasteiger partial charge on any atom is -0.381 e. The predicted molar refractivity (Wildman–Crippen MR) is 112 cm³/mol. The number of imidazole rings is 2. The SMILES string of the molecule is NC(=O)c1cnc2ccc(-c3c(-c4ccc(F)c(Cl)c4)ncn3C3CCOCC3)nn12. The molecule has 0 unspecified atom stereocenters. The molecule has 3 aromatic heterocycles. The Labute approximate surface area is 181 Å². The van der Waals surface area contributed by atoms with Crippen molar-refractivity contribution in [2.45, 2.75) is 18.9 Å². The molecule has 1 amide bonds. The summed E-state index contributed by atoms with van der Waals surface area (Å²) < 4.78 is 22.7. The molecule has 8 nitrogen and oxygen atoms in total. The van der Waals surface area contributed by atoms with E-state index in [0.29, 0.717) is 35.8 Å². The Morgan fingerprint density at radius 1 is 1.19 bits per heavy atom. The molecule has 0 bridgehead atoms. The fourth-order valence-electron chi connectivity index (χ4n) is 3.88. The molecule has 0 spiro atoms. The first-order chi connectivity index (χ1) is 15.0. The number of carbonyl (C=O) groups is 1. The van der Waals surface area contributed by atoms with Gasteiger partial charge in [0.2, 0.25) is 0 Å². The van der Waals surface area contributed by atoms with Crippen LogP contribution in [-0.4, -0.2) is 43.3 Å². The molecule has 1 aromatic carbocycles. The summed E-state index contributed by atoms with van der Waals surface area (Å²) >= 11 is 6.03. The number of nitrogens with two attached hydrogens (primary N) is 1. The highest BCUT2D eigenvalue weighted by Gasteiger charge is 2.24. The first-order valence-corrected chi connectivity index (χ1v) is 10.2. The van der Waals surface area contributed by atoms with E-state index >= 15 is 0 Å². The second-order valence-electron chi connectivity index (χ2n) is 7.32. The predicted octanol–water partition coefficient (Wildman–Crippen LogP) is 3.50. The second kappa shape index (κ2) is 7.75. The highest BCUT2D eigenvalue weighted by molar-refractivity contribution is 6.31. The number of fused-ring (bicyclic) bond motifs is 1. The molecule has 10 heteroatoms. The monoisotopic (exact) mass is 440 g/mol. The molecular formula is C21H18ClFN6O2. The van der Waals surface area contributed by atoms with Crippen LogP contribution in [0.15, 0.2) is 42.9 Å². The smallest absolute Gasteiger partial charge is 0.269 e. The molecule has 158 valence electrons. The molecule has 4 heterocycles. The Kier molecular flexibility index (Phi) is 4.91. The van der Waals surface area contributed by atoms with E-state index in [0.717, 1.165) is 18.5 Å². The number of halogens is 2. The molecule has 31 heavy (non-hydrogen) atoms. The fourth-order valence-corrected chi connectivity index (χ4v) is 4.06. The van der Waals surface area contributed by atoms with Crippen LogP contribution >= 0.6 is 11.6 Å². The highest BCUT2D eigenvalue weighted by atomic mass is 35.5. The third-order valence-electron chi connectivity index (χ3n) is 5.43. The zero-order chi connectivity index (χ0) is 21.5. The van der Waals surface area contributed by atoms with Crippen molar-refractivity contribution in [3.05, 3.63) is 59.4 Å². The van der Waals surface area contributed by atoms with Gasteiger partial charge in [0.05, 0.1) is 28.9 Å². The van der Waals surface area contributed by atoms with Crippen molar-refractivity contribution in [2.24, 2.45) is 5.73 Å². The normalized spacial score (nSPS) is 14.9. The van der Waals surface area contributed by atoms with E-state index in [2.05, 4.69) is 19.6 Å². The number of carbonyl (C=O) groups excluding carboxylic acids is 1. The van der Waals surface area contributed by atoms with Gasteiger partial charge >= 0.3 is 0 Å². The topological polar surface area (TPSA) is 100 Å². The highest BCUT2D eigenvalue weighted by Crippen LogP contribution is 2.36. The van der Waals surface area contributed by atoms with Gasteiger partial charge < -0.3 is 15.0 Å². The Balaban J connectivity index is 1.72. The van der Waals surface area contributed by atoms with Crippen molar-refractivity contribution in [1.29, 1.82) is 0 Å². The van der Waals surface area contributed by atoms with Gasteiger partial charge in [0, 0.05) is 24.8 Å². The molecule has 1 fully saturated rings. The van der Waals surface area contributed by atoms with Crippen molar-refractivity contribution in [1.82, 2.24) is 24.1 Å². The van der Waals surface area contributed by atoms with Crippen LogP contribution < -0.4 is 5.73 Å². The third kappa shape index (κ3) is 3.45. The van der Waals surface area contributed by atoms with Gasteiger partial charge in [0.1, 0.15) is 17.2 Å². The lowest BCUT2D eigenvalue weighted by Gasteiger charge is -2.25. The summed E-state index contributed by atoms with van der Waals surface area (Å²) in [6, 6.07) is 8.23. The lowest BCUT2D eigenvalue weighted by atomic mass is 10.1. The average molecular weight is 441 g/mol. The van der Waals surface area contributed by atoms with Crippen molar-refractivity contribution in [2.75, 3.05) is 13.2 Å². The van der Waals surface area contributed by atoms with Crippen LogP contribution in [0.2, 0.25) is 5.02 Å². The number of rotatable bonds is 4. The van der Waals surface area contributed by atoms with E-state index in [1.54, 1.807) is 24.5 Å². The minimum atomic E-state index is -0.624. The van der Waals surface area contributed by atoms with E-state index in [-0.39, 0.29) is 16.8 Å². The third-order valence-corrected chi connectivity index (χ3v) is 5.72. The number of primary amides is 1. The van der Waals surface area contributed by atoms with Crippen molar-refractivity contribution in [3.63, 3.8) is 0 Å². The maximum atomic E-state index is 13.8. The number of benzene rings is 1. The summed E-state index contributed by atoms with van der Waals surface area (Å²) in [5.41, 5.74) is 8.74. The minimum absolute atomic E-state index is 0.0121. The molecule has 1 aliphatic rings. The van der Waals surface area contributed by atoms with Crippen molar-refractivity contribution >= 4 is 23.2 Å². The second-order valence-corrected chi connectivity index (χ2v) is 7.72. The number of amides is 1. The average Bonchev–Trinajstić information content (AvgIpc) is 3.40. The first kappa shape index (κ1) is 19.7. The van der Waals surface area contributed by atoms with E-state index < -0.39 is 11.7 Å². The zero-order valence-corrected chi connectivity index (χ0v) is 17.1. The van der Waals surface area contributed by atoms with Crippen molar-refractivity contribution in [3.8, 4) is 22.6 Å². The fraction of sp³-hybridized carbons (Fsp3) is 0.238. The molecule has 0 radical (unpaired) electrons. The Morgan fingerprint density at radius 2 is 2.00 bits per heavy atom. The molecule has 0 aliphatic carbocycles. The molecule has 2 N–H and O–H groups in total. The molecule has 1 aliphatic heterocycles. The van der Waals surface area contributed by atoms with Gasteiger partial charge in [0.25, 0.3) is 5.91 Å². The number of hydrogen-bond acceptors (Lipinski definition) is 5. The molecule has 1 saturated heterocycles. The van der Waals surface area contributed by atoms with Crippen molar-refractivity contribution < 1.29 is 13.9 Å². The van der Waals surface area contributed by atoms with Gasteiger partial charge in [-0.1, -0.05) is 11.6 Å². The Bertz CT molecular complexity index is 1290. The van der Waals surface area contributed by atoms with Gasteiger partial charge in [-0.3, -0.25) is 4.79 Å². The quantitative estimate of drug-likeness (QED) is 0.523. The summed E-state index contributed by atoms with van der Waals surface area (Å²) in [6.07, 6.45) is 4.80. The Morgan fingerprint density at radius 3 is 2.74 bits per heavy atom. The molecule has 5 rings (SSSR count). The maximum Gasteiger partial charge on any atom is 0.269 e. The number of ether oxygens (including phenoxy) is 1.